The molecule has 2 fully saturated rings. The maximum atomic E-state index is 11.9. The van der Waals surface area contributed by atoms with E-state index in [2.05, 4.69) is 26.5 Å². The van der Waals surface area contributed by atoms with Crippen molar-refractivity contribution in [1.29, 1.82) is 0 Å². The molecule has 2 aliphatic heterocycles. The lowest BCUT2D eigenvalue weighted by Gasteiger charge is -2.30. The normalized spacial score (nSPS) is 19.8. The predicted molar refractivity (Wildman–Crippen MR) is 155 cm³/mol. The lowest BCUT2D eigenvalue weighted by atomic mass is 9.83. The summed E-state index contributed by atoms with van der Waals surface area (Å²) in [6.45, 7) is 6.24. The van der Waals surface area contributed by atoms with Crippen molar-refractivity contribution in [2.24, 2.45) is 0 Å². The summed E-state index contributed by atoms with van der Waals surface area (Å²) in [6.07, 6.45) is 12.9. The molecule has 37 heavy (non-hydrogen) atoms. The van der Waals surface area contributed by atoms with Gasteiger partial charge in [-0.2, -0.15) is 0 Å². The minimum atomic E-state index is -0.819. The van der Waals surface area contributed by atoms with Gasteiger partial charge in [0.15, 0.2) is 0 Å². The number of carbonyl (C=O) groups is 1. The van der Waals surface area contributed by atoms with Crippen LogP contribution >= 0.6 is 22.9 Å². The SMILES string of the molecule is O=C(O)c1cc2c(s1)c(C1CCCCC1)c1n2CCN(CCN2CCCCCCC2)c2cc(Cl)ccc2-1. The van der Waals surface area contributed by atoms with Crippen LogP contribution in [0.4, 0.5) is 5.69 Å². The molecule has 7 heteroatoms. The molecule has 3 aromatic rings. The van der Waals surface area contributed by atoms with E-state index in [1.54, 1.807) is 0 Å². The minimum absolute atomic E-state index is 0.451. The smallest absolute Gasteiger partial charge is 0.345 e. The van der Waals surface area contributed by atoms with Crippen LogP contribution in [0.2, 0.25) is 5.02 Å². The van der Waals surface area contributed by atoms with Gasteiger partial charge in [0, 0.05) is 42.5 Å². The molecule has 1 N–H and O–H groups in total. The lowest BCUT2D eigenvalue weighted by molar-refractivity contribution is 0.0702. The minimum Gasteiger partial charge on any atom is -0.477 e. The Balaban J connectivity index is 1.41. The molecule has 6 rings (SSSR count). The van der Waals surface area contributed by atoms with Gasteiger partial charge >= 0.3 is 5.97 Å². The van der Waals surface area contributed by atoms with Crippen molar-refractivity contribution >= 4 is 44.8 Å². The molecule has 0 amide bonds. The number of hydrogen-bond donors (Lipinski definition) is 1. The summed E-state index contributed by atoms with van der Waals surface area (Å²) in [7, 11) is 0. The van der Waals surface area contributed by atoms with Gasteiger partial charge in [-0.05, 0) is 74.5 Å². The average Bonchev–Trinajstić information content (AvgIpc) is 3.39. The maximum absolute atomic E-state index is 11.9. The molecule has 5 nitrogen and oxygen atoms in total. The third kappa shape index (κ3) is 5.05. The Hall–Kier alpha value is -2.02. The van der Waals surface area contributed by atoms with E-state index < -0.39 is 5.97 Å². The zero-order valence-electron chi connectivity index (χ0n) is 21.7. The van der Waals surface area contributed by atoms with Gasteiger partial charge in [0.2, 0.25) is 0 Å². The highest BCUT2D eigenvalue weighted by molar-refractivity contribution is 7.21. The molecule has 0 unspecified atom stereocenters. The zero-order valence-corrected chi connectivity index (χ0v) is 23.3. The van der Waals surface area contributed by atoms with E-state index in [1.807, 2.05) is 12.1 Å². The Labute approximate surface area is 229 Å². The second-order valence-electron chi connectivity index (χ2n) is 11.1. The average molecular weight is 540 g/mol. The van der Waals surface area contributed by atoms with Crippen molar-refractivity contribution in [1.82, 2.24) is 9.47 Å². The summed E-state index contributed by atoms with van der Waals surface area (Å²) in [5, 5.41) is 10.6. The van der Waals surface area contributed by atoms with Gasteiger partial charge in [-0.25, -0.2) is 4.79 Å². The van der Waals surface area contributed by atoms with Gasteiger partial charge in [-0.15, -0.1) is 11.3 Å². The fourth-order valence-electron chi connectivity index (χ4n) is 6.89. The molecule has 0 bridgehead atoms. The van der Waals surface area contributed by atoms with Crippen LogP contribution < -0.4 is 4.90 Å². The predicted octanol–water partition coefficient (Wildman–Crippen LogP) is 7.86. The second-order valence-corrected chi connectivity index (χ2v) is 12.6. The largest absolute Gasteiger partial charge is 0.477 e. The number of likely N-dealkylation sites (tertiary alicyclic amines) is 1. The molecule has 1 aromatic carbocycles. The number of fused-ring (bicyclic) bond motifs is 5. The number of nitrogens with zero attached hydrogens (tertiary/aromatic N) is 3. The van der Waals surface area contributed by atoms with E-state index in [1.165, 1.54) is 116 Å². The first-order valence-electron chi connectivity index (χ1n) is 14.3. The summed E-state index contributed by atoms with van der Waals surface area (Å²) in [6, 6.07) is 8.32. The second kappa shape index (κ2) is 11.0. The van der Waals surface area contributed by atoms with Crippen molar-refractivity contribution in [2.75, 3.05) is 37.6 Å². The summed E-state index contributed by atoms with van der Waals surface area (Å²) in [4.78, 5) is 17.6. The molecule has 0 spiro atoms. The number of benzene rings is 1. The van der Waals surface area contributed by atoms with Gasteiger partial charge in [-0.1, -0.05) is 50.1 Å². The van der Waals surface area contributed by atoms with E-state index in [4.69, 9.17) is 11.6 Å². The van der Waals surface area contributed by atoms with Crippen molar-refractivity contribution in [3.05, 3.63) is 39.7 Å². The number of thiophene rings is 1. The van der Waals surface area contributed by atoms with Crippen molar-refractivity contribution < 1.29 is 9.90 Å². The Bertz CT molecular complexity index is 1270. The van der Waals surface area contributed by atoms with Crippen LogP contribution in [0.15, 0.2) is 24.3 Å². The van der Waals surface area contributed by atoms with Crippen LogP contribution in [0.3, 0.4) is 0 Å². The number of hydrogen-bond acceptors (Lipinski definition) is 4. The highest BCUT2D eigenvalue weighted by atomic mass is 35.5. The molecule has 2 aromatic heterocycles. The van der Waals surface area contributed by atoms with Crippen LogP contribution in [-0.4, -0.2) is 53.3 Å². The van der Waals surface area contributed by atoms with E-state index in [-0.39, 0.29) is 0 Å². The number of rotatable bonds is 5. The van der Waals surface area contributed by atoms with Crippen LogP contribution in [0.1, 0.15) is 85.4 Å². The summed E-state index contributed by atoms with van der Waals surface area (Å²) >= 11 is 8.08. The fourth-order valence-corrected chi connectivity index (χ4v) is 8.18. The van der Waals surface area contributed by atoms with Crippen molar-refractivity contribution in [3.63, 3.8) is 0 Å². The molecule has 3 aliphatic rings. The van der Waals surface area contributed by atoms with E-state index >= 15 is 0 Å². The Morgan fingerprint density at radius 3 is 2.41 bits per heavy atom. The quantitative estimate of drug-likeness (QED) is 0.358. The number of aromatic carboxylic acids is 1. The van der Waals surface area contributed by atoms with Gasteiger partial charge < -0.3 is 19.5 Å². The van der Waals surface area contributed by atoms with E-state index in [9.17, 15) is 9.90 Å². The Kier molecular flexibility index (Phi) is 7.51. The topological polar surface area (TPSA) is 48.7 Å². The van der Waals surface area contributed by atoms with Crippen LogP contribution in [0, 0.1) is 0 Å². The first kappa shape index (κ1) is 25.3. The van der Waals surface area contributed by atoms with Crippen LogP contribution in [0.25, 0.3) is 21.5 Å². The summed E-state index contributed by atoms with van der Waals surface area (Å²) < 4.78 is 3.62. The third-order valence-corrected chi connectivity index (χ3v) is 10.2. The first-order chi connectivity index (χ1) is 18.1. The number of aromatic nitrogens is 1. The molecular weight excluding hydrogens is 502 g/mol. The van der Waals surface area contributed by atoms with Crippen LogP contribution in [-0.2, 0) is 6.54 Å². The van der Waals surface area contributed by atoms with E-state index in [0.29, 0.717) is 10.8 Å². The Morgan fingerprint density at radius 2 is 1.65 bits per heavy atom. The number of anilines is 1. The molecule has 0 atom stereocenters. The molecular formula is C30H38ClN3O2S. The molecule has 4 heterocycles. The maximum Gasteiger partial charge on any atom is 0.345 e. The third-order valence-electron chi connectivity index (χ3n) is 8.78. The molecule has 198 valence electrons. The van der Waals surface area contributed by atoms with Gasteiger partial charge in [-0.3, -0.25) is 0 Å². The van der Waals surface area contributed by atoms with Gasteiger partial charge in [0.05, 0.1) is 15.9 Å². The molecule has 1 aliphatic carbocycles. The van der Waals surface area contributed by atoms with Crippen molar-refractivity contribution in [3.8, 4) is 11.3 Å². The monoisotopic (exact) mass is 539 g/mol. The van der Waals surface area contributed by atoms with Gasteiger partial charge in [0.1, 0.15) is 4.88 Å². The highest BCUT2D eigenvalue weighted by Gasteiger charge is 2.32. The molecule has 1 saturated carbocycles. The number of carboxylic acids is 1. The van der Waals surface area contributed by atoms with E-state index in [0.717, 1.165) is 36.7 Å². The highest BCUT2D eigenvalue weighted by Crippen LogP contribution is 2.49. The lowest BCUT2D eigenvalue weighted by Crippen LogP contribution is -2.37. The van der Waals surface area contributed by atoms with Crippen molar-refractivity contribution in [2.45, 2.75) is 76.7 Å². The van der Waals surface area contributed by atoms with Crippen LogP contribution in [0.5, 0.6) is 0 Å². The molecule has 0 radical (unpaired) electrons. The number of halogens is 1. The standard InChI is InChI=1S/C30H38ClN3O2S/c31-22-11-12-23-24(19-22)33(16-15-32-13-7-2-1-3-8-14-32)17-18-34-25-20-26(30(35)36)37-29(25)27(28(23)34)21-9-5-4-6-10-21/h11-12,19-21H,1-10,13-18H2,(H,35,36). The number of carboxylic acid groups (broad SMARTS) is 1. The fraction of sp³-hybridized carbons (Fsp3) is 0.567. The zero-order chi connectivity index (χ0) is 25.4. The molecule has 1 saturated heterocycles. The van der Waals surface area contributed by atoms with Gasteiger partial charge in [0.25, 0.3) is 0 Å². The summed E-state index contributed by atoms with van der Waals surface area (Å²) in [5.41, 5.74) is 6.30. The Morgan fingerprint density at radius 1 is 0.919 bits per heavy atom. The summed E-state index contributed by atoms with van der Waals surface area (Å²) in [5.74, 6) is -0.329. The first-order valence-corrected chi connectivity index (χ1v) is 15.5.